The molecule has 1 aliphatic heterocycles. The maximum absolute atomic E-state index is 12.2. The Kier molecular flexibility index (Phi) is 4.78. The molecule has 0 radical (unpaired) electrons. The van der Waals surface area contributed by atoms with Crippen molar-refractivity contribution < 1.29 is 9.90 Å². The lowest BCUT2D eigenvalue weighted by atomic mass is 10.0. The van der Waals surface area contributed by atoms with Crippen molar-refractivity contribution in [1.82, 2.24) is 4.90 Å². The van der Waals surface area contributed by atoms with Crippen LogP contribution in [0, 0.1) is 19.8 Å². The molecule has 0 aromatic heterocycles. The summed E-state index contributed by atoms with van der Waals surface area (Å²) in [5, 5.41) is 12.4. The molecule has 1 saturated heterocycles. The van der Waals surface area contributed by atoms with Gasteiger partial charge in [0.05, 0.1) is 13.2 Å². The minimum absolute atomic E-state index is 0.00468. The number of aliphatic hydroxyl groups is 1. The number of carbonyl (C=O) groups is 1. The van der Waals surface area contributed by atoms with E-state index in [2.05, 4.69) is 17.1 Å². The molecule has 0 bridgehead atoms. The second-order valence-corrected chi connectivity index (χ2v) is 5.80. The third-order valence-electron chi connectivity index (χ3n) is 4.28. The van der Waals surface area contributed by atoms with Crippen molar-refractivity contribution >= 4 is 11.6 Å². The molecular formula is C16H24N2O2. The summed E-state index contributed by atoms with van der Waals surface area (Å²) in [6.07, 6.45) is 1.04. The Bertz CT molecular complexity index is 467. The molecule has 4 nitrogen and oxygen atoms in total. The second-order valence-electron chi connectivity index (χ2n) is 5.80. The summed E-state index contributed by atoms with van der Waals surface area (Å²) in [5.74, 6) is 0.447. The molecule has 2 N–H and O–H groups in total. The summed E-state index contributed by atoms with van der Waals surface area (Å²) in [4.78, 5) is 14.3. The van der Waals surface area contributed by atoms with Crippen molar-refractivity contribution in [2.24, 2.45) is 5.92 Å². The molecule has 1 aromatic carbocycles. The van der Waals surface area contributed by atoms with Gasteiger partial charge in [0.25, 0.3) is 0 Å². The number of anilines is 1. The van der Waals surface area contributed by atoms with Gasteiger partial charge in [-0.1, -0.05) is 25.1 Å². The van der Waals surface area contributed by atoms with Crippen molar-refractivity contribution in [3.8, 4) is 0 Å². The Labute approximate surface area is 120 Å². The van der Waals surface area contributed by atoms with Crippen LogP contribution in [0.15, 0.2) is 18.2 Å². The van der Waals surface area contributed by atoms with Crippen LogP contribution in [-0.2, 0) is 4.79 Å². The predicted molar refractivity (Wildman–Crippen MR) is 80.8 cm³/mol. The highest BCUT2D eigenvalue weighted by Crippen LogP contribution is 2.24. The summed E-state index contributed by atoms with van der Waals surface area (Å²) in [7, 11) is 0. The minimum atomic E-state index is -0.00468. The quantitative estimate of drug-likeness (QED) is 0.883. The first-order valence-electron chi connectivity index (χ1n) is 7.24. The van der Waals surface area contributed by atoms with Gasteiger partial charge in [0.1, 0.15) is 0 Å². The van der Waals surface area contributed by atoms with Gasteiger partial charge < -0.3 is 10.4 Å². The molecule has 0 spiro atoms. The highest BCUT2D eigenvalue weighted by atomic mass is 16.3. The van der Waals surface area contributed by atoms with E-state index in [0.717, 1.165) is 29.8 Å². The van der Waals surface area contributed by atoms with Crippen LogP contribution in [0.5, 0.6) is 0 Å². The van der Waals surface area contributed by atoms with E-state index in [0.29, 0.717) is 12.5 Å². The average Bonchev–Trinajstić information content (AvgIpc) is 2.74. The molecule has 1 aromatic rings. The fraction of sp³-hybridized carbons (Fsp3) is 0.562. The molecule has 2 atom stereocenters. The van der Waals surface area contributed by atoms with Crippen LogP contribution in [0.25, 0.3) is 0 Å². The molecular weight excluding hydrogens is 252 g/mol. The monoisotopic (exact) mass is 276 g/mol. The number of nitrogens with zero attached hydrogens (tertiary/aromatic N) is 1. The van der Waals surface area contributed by atoms with Gasteiger partial charge >= 0.3 is 0 Å². The highest BCUT2D eigenvalue weighted by molar-refractivity contribution is 5.93. The molecule has 1 heterocycles. The number of likely N-dealkylation sites (tertiary alicyclic amines) is 1. The molecule has 4 heteroatoms. The molecule has 110 valence electrons. The first-order chi connectivity index (χ1) is 9.52. The summed E-state index contributed by atoms with van der Waals surface area (Å²) < 4.78 is 0. The van der Waals surface area contributed by atoms with Crippen molar-refractivity contribution in [2.75, 3.05) is 25.0 Å². The van der Waals surface area contributed by atoms with E-state index in [-0.39, 0.29) is 18.6 Å². The predicted octanol–water partition coefficient (Wildman–Crippen LogP) is 1.94. The Morgan fingerprint density at radius 1 is 1.40 bits per heavy atom. The van der Waals surface area contributed by atoms with Gasteiger partial charge in [-0.15, -0.1) is 0 Å². The Morgan fingerprint density at radius 2 is 2.05 bits per heavy atom. The smallest absolute Gasteiger partial charge is 0.238 e. The number of aliphatic hydroxyl groups excluding tert-OH is 1. The van der Waals surface area contributed by atoms with Crippen LogP contribution in [-0.4, -0.2) is 41.7 Å². The van der Waals surface area contributed by atoms with Crippen LogP contribution in [0.4, 0.5) is 5.69 Å². The maximum atomic E-state index is 12.2. The number of carbonyl (C=O) groups excluding carboxylic acids is 1. The SMILES string of the molecule is Cc1cccc(C)c1NC(=O)CN1CCC(C)C1CO. The van der Waals surface area contributed by atoms with Crippen molar-refractivity contribution in [3.63, 3.8) is 0 Å². The molecule has 0 saturated carbocycles. The number of nitrogens with one attached hydrogen (secondary N) is 1. The number of aryl methyl sites for hydroxylation is 2. The molecule has 1 aliphatic rings. The highest BCUT2D eigenvalue weighted by Gasteiger charge is 2.31. The number of para-hydroxylation sites is 1. The molecule has 2 rings (SSSR count). The lowest BCUT2D eigenvalue weighted by Crippen LogP contribution is -2.40. The van der Waals surface area contributed by atoms with Crippen LogP contribution in [0.2, 0.25) is 0 Å². The molecule has 1 fully saturated rings. The summed E-state index contributed by atoms with van der Waals surface area (Å²) in [6.45, 7) is 7.48. The number of hydrogen-bond acceptors (Lipinski definition) is 3. The third-order valence-corrected chi connectivity index (χ3v) is 4.28. The van der Waals surface area contributed by atoms with Crippen LogP contribution >= 0.6 is 0 Å². The normalized spacial score (nSPS) is 23.0. The van der Waals surface area contributed by atoms with Crippen LogP contribution < -0.4 is 5.32 Å². The van der Waals surface area contributed by atoms with Gasteiger partial charge in [-0.3, -0.25) is 9.69 Å². The molecule has 0 aliphatic carbocycles. The van der Waals surface area contributed by atoms with E-state index < -0.39 is 0 Å². The number of amides is 1. The lowest BCUT2D eigenvalue weighted by molar-refractivity contribution is -0.117. The fourth-order valence-electron chi connectivity index (χ4n) is 2.95. The second kappa shape index (κ2) is 6.37. The number of rotatable bonds is 4. The summed E-state index contributed by atoms with van der Waals surface area (Å²) >= 11 is 0. The number of hydrogen-bond donors (Lipinski definition) is 2. The maximum Gasteiger partial charge on any atom is 0.238 e. The summed E-state index contributed by atoms with van der Waals surface area (Å²) in [6, 6.07) is 6.09. The van der Waals surface area contributed by atoms with Crippen molar-refractivity contribution in [3.05, 3.63) is 29.3 Å². The third kappa shape index (κ3) is 3.19. The van der Waals surface area contributed by atoms with Crippen molar-refractivity contribution in [2.45, 2.75) is 33.2 Å². The Hall–Kier alpha value is -1.39. The largest absolute Gasteiger partial charge is 0.395 e. The van der Waals surface area contributed by atoms with E-state index in [1.54, 1.807) is 0 Å². The standard InChI is InChI=1S/C16H24N2O2/c1-11-7-8-18(14(11)10-19)9-15(20)17-16-12(2)5-4-6-13(16)3/h4-6,11,14,19H,7-10H2,1-3H3,(H,17,20). The zero-order chi connectivity index (χ0) is 14.7. The van der Waals surface area contributed by atoms with E-state index in [4.69, 9.17) is 0 Å². The number of benzene rings is 1. The average molecular weight is 276 g/mol. The van der Waals surface area contributed by atoms with E-state index in [9.17, 15) is 9.90 Å². The summed E-state index contributed by atoms with van der Waals surface area (Å²) in [5.41, 5.74) is 3.06. The molecule has 20 heavy (non-hydrogen) atoms. The topological polar surface area (TPSA) is 52.6 Å². The van der Waals surface area contributed by atoms with Gasteiger partial charge in [0.15, 0.2) is 0 Å². The molecule has 2 unspecified atom stereocenters. The van der Waals surface area contributed by atoms with Crippen LogP contribution in [0.3, 0.4) is 0 Å². The molecule has 1 amide bonds. The van der Waals surface area contributed by atoms with Gasteiger partial charge in [-0.2, -0.15) is 0 Å². The van der Waals surface area contributed by atoms with Crippen LogP contribution in [0.1, 0.15) is 24.5 Å². The first-order valence-corrected chi connectivity index (χ1v) is 7.24. The van der Waals surface area contributed by atoms with Crippen molar-refractivity contribution in [1.29, 1.82) is 0 Å². The first kappa shape index (κ1) is 15.0. The van der Waals surface area contributed by atoms with Gasteiger partial charge in [-0.25, -0.2) is 0 Å². The Morgan fingerprint density at radius 3 is 2.65 bits per heavy atom. The minimum Gasteiger partial charge on any atom is -0.395 e. The zero-order valence-electron chi connectivity index (χ0n) is 12.5. The van der Waals surface area contributed by atoms with E-state index in [1.807, 2.05) is 32.0 Å². The lowest BCUT2D eigenvalue weighted by Gasteiger charge is -2.24. The fourth-order valence-corrected chi connectivity index (χ4v) is 2.95. The van der Waals surface area contributed by atoms with E-state index in [1.165, 1.54) is 0 Å². The Balaban J connectivity index is 1.99. The van der Waals surface area contributed by atoms with E-state index >= 15 is 0 Å². The van der Waals surface area contributed by atoms with Gasteiger partial charge in [-0.05, 0) is 43.9 Å². The van der Waals surface area contributed by atoms with Gasteiger partial charge in [0, 0.05) is 11.7 Å². The van der Waals surface area contributed by atoms with Gasteiger partial charge in [0.2, 0.25) is 5.91 Å². The zero-order valence-corrected chi connectivity index (χ0v) is 12.5.